The number of piperazine rings is 1. The predicted octanol–water partition coefficient (Wildman–Crippen LogP) is 3.92. The van der Waals surface area contributed by atoms with Gasteiger partial charge in [0.25, 0.3) is 0 Å². The molecule has 2 fully saturated rings. The van der Waals surface area contributed by atoms with Gasteiger partial charge in [0.15, 0.2) is 0 Å². The first-order chi connectivity index (χ1) is 16.1. The number of sulfonamides is 1. The third-order valence-electron chi connectivity index (χ3n) is 6.34. The quantitative estimate of drug-likeness (QED) is 0.588. The van der Waals surface area contributed by atoms with Crippen LogP contribution in [0.4, 0.5) is 9.18 Å². The molecule has 2 saturated heterocycles. The van der Waals surface area contributed by atoms with E-state index in [0.717, 1.165) is 5.56 Å². The minimum Gasteiger partial charge on any atom is -0.493 e. The molecular formula is C23H26Cl2FN3O4S. The Kier molecular flexibility index (Phi) is 7.57. The number of amides is 2. The minimum absolute atomic E-state index is 0.0245. The molecule has 2 aliphatic rings. The Morgan fingerprint density at radius 2 is 1.68 bits per heavy atom. The highest BCUT2D eigenvalue weighted by Gasteiger charge is 2.39. The highest BCUT2D eigenvalue weighted by atomic mass is 35.5. The number of likely N-dealkylation sites (tertiary alicyclic amines) is 1. The summed E-state index contributed by atoms with van der Waals surface area (Å²) in [6.45, 7) is 2.53. The monoisotopic (exact) mass is 529 g/mol. The van der Waals surface area contributed by atoms with E-state index in [4.69, 9.17) is 27.9 Å². The number of benzene rings is 2. The van der Waals surface area contributed by atoms with Crippen molar-refractivity contribution < 1.29 is 22.3 Å². The molecule has 2 heterocycles. The number of hydrogen-bond donors (Lipinski definition) is 0. The van der Waals surface area contributed by atoms with Crippen molar-refractivity contribution in [2.45, 2.75) is 5.92 Å². The second-order valence-corrected chi connectivity index (χ2v) is 11.4. The van der Waals surface area contributed by atoms with E-state index in [1.807, 2.05) is 12.1 Å². The first-order valence-electron chi connectivity index (χ1n) is 10.9. The highest BCUT2D eigenvalue weighted by Crippen LogP contribution is 2.36. The molecular weight excluding hydrogens is 504 g/mol. The van der Waals surface area contributed by atoms with Gasteiger partial charge in [-0.25, -0.2) is 17.6 Å². The number of carbonyl (C=O) groups excluding carboxylic acids is 1. The molecule has 0 radical (unpaired) electrons. The van der Waals surface area contributed by atoms with Gasteiger partial charge < -0.3 is 14.5 Å². The fourth-order valence-corrected chi connectivity index (χ4v) is 5.60. The number of halogens is 3. The fraction of sp³-hybridized carbons (Fsp3) is 0.435. The molecule has 34 heavy (non-hydrogen) atoms. The fourth-order valence-electron chi connectivity index (χ4n) is 4.46. The molecule has 2 aromatic rings. The average Bonchev–Trinajstić information content (AvgIpc) is 3.24. The molecule has 0 aromatic heterocycles. The summed E-state index contributed by atoms with van der Waals surface area (Å²) in [5.41, 5.74) is 0.958. The minimum atomic E-state index is -3.27. The first kappa shape index (κ1) is 25.0. The van der Waals surface area contributed by atoms with Crippen molar-refractivity contribution in [2.24, 2.45) is 5.92 Å². The smallest absolute Gasteiger partial charge is 0.320 e. The molecule has 0 N–H and O–H groups in total. The normalized spacial score (nSPS) is 21.6. The summed E-state index contributed by atoms with van der Waals surface area (Å²) in [5.74, 6) is 0.158. The van der Waals surface area contributed by atoms with Crippen LogP contribution in [0.1, 0.15) is 11.5 Å². The van der Waals surface area contributed by atoms with Gasteiger partial charge in [-0.05, 0) is 42.0 Å². The Balaban J connectivity index is 1.48. The van der Waals surface area contributed by atoms with E-state index in [9.17, 15) is 17.6 Å². The first-order valence-corrected chi connectivity index (χ1v) is 13.5. The van der Waals surface area contributed by atoms with Crippen LogP contribution in [0.5, 0.6) is 5.75 Å². The average molecular weight is 530 g/mol. The number of rotatable bonds is 5. The molecule has 0 saturated carbocycles. The van der Waals surface area contributed by atoms with Crippen LogP contribution in [0, 0.1) is 11.7 Å². The van der Waals surface area contributed by atoms with Crippen molar-refractivity contribution in [3.8, 4) is 5.75 Å². The standard InChI is InChI=1S/C23H26Cl2FN3O4S/c1-34(31,32)29-10-8-27(9-11-29)23(30)28-13-17(15-33-19-5-3-18(26)4-6-19)20(14-28)16-2-7-21(24)22(25)12-16/h2-7,12,17,20H,8-11,13-15H2,1H3/t17-,20-/m0/s1. The molecule has 2 aromatic carbocycles. The lowest BCUT2D eigenvalue weighted by Crippen LogP contribution is -2.53. The molecule has 7 nitrogen and oxygen atoms in total. The van der Waals surface area contributed by atoms with Crippen LogP contribution in [0.3, 0.4) is 0 Å². The summed E-state index contributed by atoms with van der Waals surface area (Å²) in [6, 6.07) is 11.2. The second-order valence-electron chi connectivity index (χ2n) is 8.64. The zero-order valence-corrected chi connectivity index (χ0v) is 21.0. The van der Waals surface area contributed by atoms with Gasteiger partial charge in [-0.2, -0.15) is 4.31 Å². The zero-order valence-electron chi connectivity index (χ0n) is 18.7. The van der Waals surface area contributed by atoms with Crippen LogP contribution in [0.25, 0.3) is 0 Å². The van der Waals surface area contributed by atoms with E-state index in [-0.39, 0.29) is 36.8 Å². The summed E-state index contributed by atoms with van der Waals surface area (Å²) >= 11 is 12.4. The van der Waals surface area contributed by atoms with E-state index in [0.29, 0.717) is 48.6 Å². The van der Waals surface area contributed by atoms with Gasteiger partial charge in [-0.1, -0.05) is 29.3 Å². The molecule has 2 amide bonds. The maximum atomic E-state index is 13.3. The van der Waals surface area contributed by atoms with Crippen molar-refractivity contribution in [2.75, 3.05) is 52.1 Å². The lowest BCUT2D eigenvalue weighted by molar-refractivity contribution is 0.139. The lowest BCUT2D eigenvalue weighted by Gasteiger charge is -2.35. The van der Waals surface area contributed by atoms with Crippen molar-refractivity contribution in [1.82, 2.24) is 14.1 Å². The molecule has 4 rings (SSSR count). The maximum absolute atomic E-state index is 13.3. The largest absolute Gasteiger partial charge is 0.493 e. The third kappa shape index (κ3) is 5.76. The Morgan fingerprint density at radius 3 is 2.29 bits per heavy atom. The van der Waals surface area contributed by atoms with Gasteiger partial charge in [0.1, 0.15) is 11.6 Å². The Labute approximate surface area is 209 Å². The van der Waals surface area contributed by atoms with Crippen LogP contribution in [0.2, 0.25) is 10.0 Å². The van der Waals surface area contributed by atoms with E-state index in [1.54, 1.807) is 28.0 Å². The number of urea groups is 1. The van der Waals surface area contributed by atoms with Crippen LogP contribution < -0.4 is 4.74 Å². The lowest BCUT2D eigenvalue weighted by atomic mass is 9.89. The van der Waals surface area contributed by atoms with Crippen LogP contribution in [-0.2, 0) is 10.0 Å². The third-order valence-corrected chi connectivity index (χ3v) is 8.38. The molecule has 2 atom stereocenters. The summed E-state index contributed by atoms with van der Waals surface area (Å²) in [6.07, 6.45) is 1.18. The molecule has 2 aliphatic heterocycles. The Morgan fingerprint density at radius 1 is 1.00 bits per heavy atom. The van der Waals surface area contributed by atoms with Crippen molar-refractivity contribution in [3.05, 3.63) is 63.9 Å². The number of nitrogens with zero attached hydrogens (tertiary/aromatic N) is 3. The Hall–Kier alpha value is -2.07. The van der Waals surface area contributed by atoms with Gasteiger partial charge in [-0.15, -0.1) is 0 Å². The zero-order chi connectivity index (χ0) is 24.5. The predicted molar refractivity (Wildman–Crippen MR) is 130 cm³/mol. The maximum Gasteiger partial charge on any atom is 0.320 e. The van der Waals surface area contributed by atoms with E-state index < -0.39 is 10.0 Å². The van der Waals surface area contributed by atoms with Gasteiger partial charge in [0.05, 0.1) is 22.9 Å². The van der Waals surface area contributed by atoms with Gasteiger partial charge >= 0.3 is 6.03 Å². The molecule has 0 bridgehead atoms. The number of hydrogen-bond acceptors (Lipinski definition) is 4. The van der Waals surface area contributed by atoms with Gasteiger partial charge in [-0.3, -0.25) is 0 Å². The number of carbonyl (C=O) groups is 1. The molecule has 0 unspecified atom stereocenters. The van der Waals surface area contributed by atoms with Crippen molar-refractivity contribution in [1.29, 1.82) is 0 Å². The van der Waals surface area contributed by atoms with E-state index in [1.165, 1.54) is 22.7 Å². The van der Waals surface area contributed by atoms with Gasteiger partial charge in [0.2, 0.25) is 10.0 Å². The second kappa shape index (κ2) is 10.3. The van der Waals surface area contributed by atoms with Crippen LogP contribution >= 0.6 is 23.2 Å². The molecule has 0 aliphatic carbocycles. The molecule has 11 heteroatoms. The van der Waals surface area contributed by atoms with Crippen LogP contribution in [0.15, 0.2) is 42.5 Å². The molecule has 0 spiro atoms. The van der Waals surface area contributed by atoms with Crippen molar-refractivity contribution >= 4 is 39.3 Å². The van der Waals surface area contributed by atoms with Gasteiger partial charge in [0, 0.05) is 51.1 Å². The van der Waals surface area contributed by atoms with E-state index >= 15 is 0 Å². The summed E-state index contributed by atoms with van der Waals surface area (Å²) < 4.78 is 44.1. The topological polar surface area (TPSA) is 70.2 Å². The Bertz CT molecular complexity index is 1140. The summed E-state index contributed by atoms with van der Waals surface area (Å²) in [5, 5.41) is 0.901. The molecule has 184 valence electrons. The SMILES string of the molecule is CS(=O)(=O)N1CCN(C(=O)N2C[C@@H](COc3ccc(F)cc3)[C@H](c3ccc(Cl)c(Cl)c3)C2)CC1. The van der Waals surface area contributed by atoms with Crippen molar-refractivity contribution in [3.63, 3.8) is 0 Å². The summed E-state index contributed by atoms with van der Waals surface area (Å²) in [4.78, 5) is 16.7. The van der Waals surface area contributed by atoms with Crippen LogP contribution in [-0.4, -0.2) is 80.7 Å². The highest BCUT2D eigenvalue weighted by molar-refractivity contribution is 7.88. The summed E-state index contributed by atoms with van der Waals surface area (Å²) in [7, 11) is -3.27. The van der Waals surface area contributed by atoms with E-state index in [2.05, 4.69) is 0 Å². The number of ether oxygens (including phenoxy) is 1.